The lowest BCUT2D eigenvalue weighted by Crippen LogP contribution is -2.16. The molecule has 0 heterocycles. The van der Waals surface area contributed by atoms with Crippen molar-refractivity contribution in [3.8, 4) is 22.6 Å². The van der Waals surface area contributed by atoms with Gasteiger partial charge in [0, 0.05) is 0 Å². The molecule has 0 N–H and O–H groups in total. The third-order valence-electron chi connectivity index (χ3n) is 2.80. The number of aldehydes is 1. The van der Waals surface area contributed by atoms with Crippen molar-refractivity contribution >= 4 is 6.29 Å². The van der Waals surface area contributed by atoms with Crippen LogP contribution in [0, 0.1) is 0 Å². The SMILES string of the molecule is COc1cccc(-c2ccc(OC(F)(F)F)cc2)c1C=O. The van der Waals surface area contributed by atoms with Gasteiger partial charge in [-0.1, -0.05) is 24.3 Å². The molecule has 0 aromatic heterocycles. The van der Waals surface area contributed by atoms with Crippen molar-refractivity contribution in [2.75, 3.05) is 7.11 Å². The van der Waals surface area contributed by atoms with E-state index in [-0.39, 0.29) is 5.75 Å². The van der Waals surface area contributed by atoms with Gasteiger partial charge in [-0.2, -0.15) is 0 Å². The second kappa shape index (κ2) is 5.87. The van der Waals surface area contributed by atoms with Crippen molar-refractivity contribution in [1.82, 2.24) is 0 Å². The summed E-state index contributed by atoms with van der Waals surface area (Å²) in [5.41, 5.74) is 1.50. The summed E-state index contributed by atoms with van der Waals surface area (Å²) in [5, 5.41) is 0. The summed E-state index contributed by atoms with van der Waals surface area (Å²) in [4.78, 5) is 11.2. The van der Waals surface area contributed by atoms with Crippen molar-refractivity contribution in [1.29, 1.82) is 0 Å². The van der Waals surface area contributed by atoms with Crippen LogP contribution in [-0.4, -0.2) is 19.8 Å². The molecule has 2 aromatic carbocycles. The van der Waals surface area contributed by atoms with Crippen molar-refractivity contribution in [3.63, 3.8) is 0 Å². The van der Waals surface area contributed by atoms with Crippen LogP contribution in [-0.2, 0) is 0 Å². The van der Waals surface area contributed by atoms with Gasteiger partial charge in [0.2, 0.25) is 0 Å². The highest BCUT2D eigenvalue weighted by atomic mass is 19.4. The van der Waals surface area contributed by atoms with Crippen molar-refractivity contribution in [2.24, 2.45) is 0 Å². The van der Waals surface area contributed by atoms with E-state index in [0.29, 0.717) is 28.7 Å². The number of benzene rings is 2. The fourth-order valence-corrected chi connectivity index (χ4v) is 1.93. The Balaban J connectivity index is 2.37. The smallest absolute Gasteiger partial charge is 0.496 e. The lowest BCUT2D eigenvalue weighted by Gasteiger charge is -2.11. The Labute approximate surface area is 118 Å². The van der Waals surface area contributed by atoms with E-state index < -0.39 is 6.36 Å². The summed E-state index contributed by atoms with van der Waals surface area (Å²) in [6.45, 7) is 0. The third kappa shape index (κ3) is 3.53. The minimum absolute atomic E-state index is 0.318. The number of hydrogen-bond donors (Lipinski definition) is 0. The van der Waals surface area contributed by atoms with Gasteiger partial charge in [-0.15, -0.1) is 13.2 Å². The van der Waals surface area contributed by atoms with E-state index in [0.717, 1.165) is 0 Å². The Kier molecular flexibility index (Phi) is 4.16. The van der Waals surface area contributed by atoms with E-state index in [9.17, 15) is 18.0 Å². The fourth-order valence-electron chi connectivity index (χ4n) is 1.93. The van der Waals surface area contributed by atoms with Crippen LogP contribution in [0.15, 0.2) is 42.5 Å². The zero-order valence-electron chi connectivity index (χ0n) is 11.0. The molecule has 0 aliphatic rings. The van der Waals surface area contributed by atoms with Gasteiger partial charge < -0.3 is 9.47 Å². The number of hydrogen-bond acceptors (Lipinski definition) is 3. The molecule has 110 valence electrons. The Morgan fingerprint density at radius 1 is 1.05 bits per heavy atom. The molecule has 2 aromatic rings. The first kappa shape index (κ1) is 14.9. The summed E-state index contributed by atoms with van der Waals surface area (Å²) in [6, 6.07) is 10.3. The monoisotopic (exact) mass is 296 g/mol. The Bertz CT molecular complexity index is 634. The Morgan fingerprint density at radius 3 is 2.24 bits per heavy atom. The minimum atomic E-state index is -4.73. The Morgan fingerprint density at radius 2 is 1.71 bits per heavy atom. The van der Waals surface area contributed by atoms with Crippen molar-refractivity contribution < 1.29 is 27.4 Å². The molecule has 6 heteroatoms. The van der Waals surface area contributed by atoms with Crippen LogP contribution in [0.3, 0.4) is 0 Å². The number of alkyl halides is 3. The summed E-state index contributed by atoms with van der Waals surface area (Å²) in [7, 11) is 1.44. The molecule has 0 fully saturated rings. The molecule has 0 aliphatic carbocycles. The van der Waals surface area contributed by atoms with Crippen LogP contribution in [0.2, 0.25) is 0 Å². The topological polar surface area (TPSA) is 35.5 Å². The second-order valence-corrected chi connectivity index (χ2v) is 4.11. The highest BCUT2D eigenvalue weighted by Gasteiger charge is 2.31. The largest absolute Gasteiger partial charge is 0.573 e. The molecule has 0 bridgehead atoms. The molecule has 3 nitrogen and oxygen atoms in total. The third-order valence-corrected chi connectivity index (χ3v) is 2.80. The molecule has 0 aliphatic heterocycles. The van der Waals surface area contributed by atoms with Crippen LogP contribution in [0.5, 0.6) is 11.5 Å². The van der Waals surface area contributed by atoms with E-state index in [1.807, 2.05) is 0 Å². The van der Waals surface area contributed by atoms with Gasteiger partial charge in [-0.3, -0.25) is 4.79 Å². The maximum Gasteiger partial charge on any atom is 0.573 e. The molecule has 0 radical (unpaired) electrons. The summed E-state index contributed by atoms with van der Waals surface area (Å²) in [6.07, 6.45) is -4.08. The van der Waals surface area contributed by atoms with Crippen molar-refractivity contribution in [3.05, 3.63) is 48.0 Å². The summed E-state index contributed by atoms with van der Waals surface area (Å²) >= 11 is 0. The lowest BCUT2D eigenvalue weighted by atomic mass is 9.99. The molecule has 0 saturated carbocycles. The van der Waals surface area contributed by atoms with Crippen LogP contribution in [0.4, 0.5) is 13.2 Å². The zero-order valence-corrected chi connectivity index (χ0v) is 11.0. The predicted molar refractivity (Wildman–Crippen MR) is 70.5 cm³/mol. The van der Waals surface area contributed by atoms with Gasteiger partial charge in [0.05, 0.1) is 12.7 Å². The number of carbonyl (C=O) groups excluding carboxylic acids is 1. The van der Waals surface area contributed by atoms with Crippen LogP contribution in [0.25, 0.3) is 11.1 Å². The predicted octanol–water partition coefficient (Wildman–Crippen LogP) is 4.07. The summed E-state index contributed by atoms with van der Waals surface area (Å²) in [5.74, 6) is 0.0833. The average molecular weight is 296 g/mol. The molecule has 0 spiro atoms. The van der Waals surface area contributed by atoms with Gasteiger partial charge in [0.1, 0.15) is 11.5 Å². The van der Waals surface area contributed by atoms with E-state index in [1.54, 1.807) is 18.2 Å². The number of methoxy groups -OCH3 is 1. The highest BCUT2D eigenvalue weighted by molar-refractivity contribution is 5.91. The van der Waals surface area contributed by atoms with E-state index in [1.165, 1.54) is 31.4 Å². The highest BCUT2D eigenvalue weighted by Crippen LogP contribution is 2.31. The second-order valence-electron chi connectivity index (χ2n) is 4.11. The van der Waals surface area contributed by atoms with Gasteiger partial charge in [0.25, 0.3) is 0 Å². The average Bonchev–Trinajstić information content (AvgIpc) is 2.45. The molecule has 21 heavy (non-hydrogen) atoms. The van der Waals surface area contributed by atoms with Gasteiger partial charge >= 0.3 is 6.36 Å². The normalized spacial score (nSPS) is 11.0. The van der Waals surface area contributed by atoms with Gasteiger partial charge in [0.15, 0.2) is 6.29 Å². The van der Waals surface area contributed by atoms with Gasteiger partial charge in [-0.25, -0.2) is 0 Å². The lowest BCUT2D eigenvalue weighted by molar-refractivity contribution is -0.274. The van der Waals surface area contributed by atoms with E-state index in [2.05, 4.69) is 4.74 Å². The van der Waals surface area contributed by atoms with Gasteiger partial charge in [-0.05, 0) is 29.3 Å². The first-order chi connectivity index (χ1) is 9.94. The first-order valence-electron chi connectivity index (χ1n) is 5.93. The van der Waals surface area contributed by atoms with E-state index >= 15 is 0 Å². The number of ether oxygens (including phenoxy) is 2. The van der Waals surface area contributed by atoms with E-state index in [4.69, 9.17) is 4.74 Å². The first-order valence-corrected chi connectivity index (χ1v) is 5.93. The zero-order chi connectivity index (χ0) is 15.5. The number of rotatable bonds is 4. The fraction of sp³-hybridized carbons (Fsp3) is 0.133. The number of carbonyl (C=O) groups is 1. The molecule has 0 amide bonds. The minimum Gasteiger partial charge on any atom is -0.496 e. The molecule has 2 rings (SSSR count). The number of halogens is 3. The maximum atomic E-state index is 12.1. The molecular formula is C15H11F3O3. The van der Waals surface area contributed by atoms with Crippen molar-refractivity contribution in [2.45, 2.75) is 6.36 Å². The molecule has 0 unspecified atom stereocenters. The molecule has 0 atom stereocenters. The van der Waals surface area contributed by atoms with Crippen LogP contribution in [0.1, 0.15) is 10.4 Å². The quantitative estimate of drug-likeness (QED) is 0.798. The van der Waals surface area contributed by atoms with Crippen LogP contribution >= 0.6 is 0 Å². The standard InChI is InChI=1S/C15H11F3O3/c1-20-14-4-2-3-12(13(14)9-19)10-5-7-11(8-6-10)21-15(16,17)18/h2-9H,1H3. The van der Waals surface area contributed by atoms with Crippen LogP contribution < -0.4 is 9.47 Å². The Hall–Kier alpha value is -2.50. The molecular weight excluding hydrogens is 285 g/mol. The maximum absolute atomic E-state index is 12.1. The summed E-state index contributed by atoms with van der Waals surface area (Å²) < 4.78 is 45.2. The molecule has 0 saturated heterocycles.